The molecule has 0 atom stereocenters. The first-order valence-corrected chi connectivity index (χ1v) is 6.62. The van der Waals surface area contributed by atoms with Crippen LogP contribution in [0.5, 0.6) is 0 Å². The van der Waals surface area contributed by atoms with Gasteiger partial charge in [-0.15, -0.1) is 10.2 Å². The molecule has 0 aliphatic heterocycles. The summed E-state index contributed by atoms with van der Waals surface area (Å²) in [6, 6.07) is 3.43. The topological polar surface area (TPSA) is 76.1 Å². The molecule has 0 radical (unpaired) electrons. The molecule has 0 aromatic carbocycles. The third kappa shape index (κ3) is 6.15. The first kappa shape index (κ1) is 15.4. The van der Waals surface area contributed by atoms with Gasteiger partial charge in [0, 0.05) is 26.8 Å². The quantitative estimate of drug-likeness (QED) is 0.662. The summed E-state index contributed by atoms with van der Waals surface area (Å²) in [5.74, 6) is 0.501. The van der Waals surface area contributed by atoms with Gasteiger partial charge in [-0.3, -0.25) is 4.79 Å². The van der Waals surface area contributed by atoms with E-state index in [4.69, 9.17) is 4.74 Å². The Morgan fingerprint density at radius 1 is 1.26 bits per heavy atom. The second-order valence-electron chi connectivity index (χ2n) is 4.14. The van der Waals surface area contributed by atoms with E-state index in [2.05, 4.69) is 20.8 Å². The zero-order valence-corrected chi connectivity index (χ0v) is 11.6. The maximum absolute atomic E-state index is 11.7. The lowest BCUT2D eigenvalue weighted by Gasteiger charge is -2.05. The first-order chi connectivity index (χ1) is 9.27. The minimum absolute atomic E-state index is 0.178. The lowest BCUT2D eigenvalue weighted by atomic mass is 10.2. The van der Waals surface area contributed by atoms with Crippen molar-refractivity contribution in [1.82, 2.24) is 15.5 Å². The average Bonchev–Trinajstić information content (AvgIpc) is 2.43. The Labute approximate surface area is 113 Å². The number of ether oxygens (including phenoxy) is 1. The van der Waals surface area contributed by atoms with E-state index in [9.17, 15) is 4.79 Å². The number of unbranched alkanes of at least 4 members (excludes halogenated alkanes) is 2. The maximum Gasteiger partial charge on any atom is 0.271 e. The van der Waals surface area contributed by atoms with Crippen molar-refractivity contribution in [1.29, 1.82) is 0 Å². The van der Waals surface area contributed by atoms with Gasteiger partial charge in [-0.05, 0) is 38.3 Å². The van der Waals surface area contributed by atoms with Crippen LogP contribution >= 0.6 is 0 Å². The van der Waals surface area contributed by atoms with Crippen molar-refractivity contribution in [2.75, 3.05) is 32.1 Å². The minimum Gasteiger partial charge on any atom is -0.385 e. The van der Waals surface area contributed by atoms with Crippen LogP contribution in [0.4, 0.5) is 5.82 Å². The van der Waals surface area contributed by atoms with E-state index in [-0.39, 0.29) is 5.91 Å². The highest BCUT2D eigenvalue weighted by molar-refractivity contribution is 5.92. The molecule has 0 spiro atoms. The number of methoxy groups -OCH3 is 1. The van der Waals surface area contributed by atoms with Gasteiger partial charge >= 0.3 is 0 Å². The SMILES string of the molecule is CCNc1ccc(C(=O)NCCCCCOC)nn1. The van der Waals surface area contributed by atoms with Gasteiger partial charge in [-0.2, -0.15) is 0 Å². The summed E-state index contributed by atoms with van der Waals surface area (Å²) >= 11 is 0. The number of nitrogens with zero attached hydrogens (tertiary/aromatic N) is 2. The van der Waals surface area contributed by atoms with Gasteiger partial charge in [-0.1, -0.05) is 0 Å². The summed E-state index contributed by atoms with van der Waals surface area (Å²) < 4.78 is 4.96. The van der Waals surface area contributed by atoms with Gasteiger partial charge in [0.15, 0.2) is 5.69 Å². The van der Waals surface area contributed by atoms with Crippen LogP contribution in [-0.4, -0.2) is 42.9 Å². The predicted molar refractivity (Wildman–Crippen MR) is 74.3 cm³/mol. The molecule has 2 N–H and O–H groups in total. The van der Waals surface area contributed by atoms with Crippen molar-refractivity contribution in [3.05, 3.63) is 17.8 Å². The van der Waals surface area contributed by atoms with Crippen molar-refractivity contribution in [3.8, 4) is 0 Å². The van der Waals surface area contributed by atoms with E-state index >= 15 is 0 Å². The number of rotatable bonds is 9. The number of anilines is 1. The van der Waals surface area contributed by atoms with Crippen LogP contribution in [0.25, 0.3) is 0 Å². The molecule has 0 unspecified atom stereocenters. The number of nitrogens with one attached hydrogen (secondary N) is 2. The second-order valence-corrected chi connectivity index (χ2v) is 4.14. The van der Waals surface area contributed by atoms with E-state index < -0.39 is 0 Å². The van der Waals surface area contributed by atoms with E-state index in [0.717, 1.165) is 32.4 Å². The van der Waals surface area contributed by atoms with Crippen LogP contribution in [0, 0.1) is 0 Å². The number of hydrogen-bond acceptors (Lipinski definition) is 5. The molecule has 1 aromatic heterocycles. The fourth-order valence-corrected chi connectivity index (χ4v) is 1.57. The molecule has 106 valence electrons. The third-order valence-corrected chi connectivity index (χ3v) is 2.57. The Kier molecular flexibility index (Phi) is 7.50. The van der Waals surface area contributed by atoms with Crippen LogP contribution in [0.15, 0.2) is 12.1 Å². The van der Waals surface area contributed by atoms with Crippen LogP contribution in [0.2, 0.25) is 0 Å². The molecule has 0 aliphatic rings. The number of carbonyl (C=O) groups excluding carboxylic acids is 1. The lowest BCUT2D eigenvalue weighted by molar-refractivity contribution is 0.0946. The zero-order valence-electron chi connectivity index (χ0n) is 11.6. The summed E-state index contributed by atoms with van der Waals surface area (Å²) in [5.41, 5.74) is 0.346. The van der Waals surface area contributed by atoms with Crippen molar-refractivity contribution in [2.45, 2.75) is 26.2 Å². The van der Waals surface area contributed by atoms with E-state index in [1.54, 1.807) is 19.2 Å². The summed E-state index contributed by atoms with van der Waals surface area (Å²) in [4.78, 5) is 11.7. The minimum atomic E-state index is -0.178. The molecular formula is C13H22N4O2. The molecule has 0 saturated carbocycles. The van der Waals surface area contributed by atoms with Gasteiger partial charge in [0.25, 0.3) is 5.91 Å². The number of hydrogen-bond donors (Lipinski definition) is 2. The monoisotopic (exact) mass is 266 g/mol. The summed E-state index contributed by atoms with van der Waals surface area (Å²) in [7, 11) is 1.69. The first-order valence-electron chi connectivity index (χ1n) is 6.62. The summed E-state index contributed by atoms with van der Waals surface area (Å²) in [6.45, 7) is 4.18. The molecular weight excluding hydrogens is 244 g/mol. The van der Waals surface area contributed by atoms with Crippen LogP contribution < -0.4 is 10.6 Å². The zero-order chi connectivity index (χ0) is 13.9. The van der Waals surface area contributed by atoms with Crippen molar-refractivity contribution < 1.29 is 9.53 Å². The second kappa shape index (κ2) is 9.27. The molecule has 0 saturated heterocycles. The number of amides is 1. The largest absolute Gasteiger partial charge is 0.385 e. The van der Waals surface area contributed by atoms with Gasteiger partial charge < -0.3 is 15.4 Å². The lowest BCUT2D eigenvalue weighted by Crippen LogP contribution is -2.25. The third-order valence-electron chi connectivity index (χ3n) is 2.57. The number of carbonyl (C=O) groups is 1. The van der Waals surface area contributed by atoms with Crippen LogP contribution in [0.3, 0.4) is 0 Å². The highest BCUT2D eigenvalue weighted by Gasteiger charge is 2.06. The molecule has 1 heterocycles. The van der Waals surface area contributed by atoms with Gasteiger partial charge in [0.05, 0.1) is 0 Å². The summed E-state index contributed by atoms with van der Waals surface area (Å²) in [6.07, 6.45) is 3.00. The fourth-order valence-electron chi connectivity index (χ4n) is 1.57. The Hall–Kier alpha value is -1.69. The highest BCUT2D eigenvalue weighted by atomic mass is 16.5. The normalized spacial score (nSPS) is 10.2. The average molecular weight is 266 g/mol. The van der Waals surface area contributed by atoms with Gasteiger partial charge in [0.2, 0.25) is 0 Å². The smallest absolute Gasteiger partial charge is 0.271 e. The van der Waals surface area contributed by atoms with Crippen LogP contribution in [0.1, 0.15) is 36.7 Å². The Morgan fingerprint density at radius 3 is 2.74 bits per heavy atom. The Morgan fingerprint density at radius 2 is 2.11 bits per heavy atom. The molecule has 1 aromatic rings. The van der Waals surface area contributed by atoms with E-state index in [1.165, 1.54) is 0 Å². The summed E-state index contributed by atoms with van der Waals surface area (Å²) in [5, 5.41) is 13.7. The molecule has 0 bridgehead atoms. The van der Waals surface area contributed by atoms with E-state index in [0.29, 0.717) is 18.1 Å². The molecule has 0 fully saturated rings. The van der Waals surface area contributed by atoms with Gasteiger partial charge in [-0.25, -0.2) is 0 Å². The molecule has 1 rings (SSSR count). The van der Waals surface area contributed by atoms with Crippen molar-refractivity contribution >= 4 is 11.7 Å². The molecule has 0 aliphatic carbocycles. The molecule has 1 amide bonds. The van der Waals surface area contributed by atoms with Crippen molar-refractivity contribution in [3.63, 3.8) is 0 Å². The molecule has 6 nitrogen and oxygen atoms in total. The van der Waals surface area contributed by atoms with Crippen molar-refractivity contribution in [2.24, 2.45) is 0 Å². The Balaban J connectivity index is 2.25. The standard InChI is InChI=1S/C13H22N4O2/c1-3-14-12-8-7-11(16-17-12)13(18)15-9-5-4-6-10-19-2/h7-8H,3-6,9-10H2,1-2H3,(H,14,17)(H,15,18). The Bertz CT molecular complexity index is 367. The predicted octanol–water partition coefficient (Wildman–Crippen LogP) is 1.45. The number of aromatic nitrogens is 2. The van der Waals surface area contributed by atoms with E-state index in [1.807, 2.05) is 6.92 Å². The highest BCUT2D eigenvalue weighted by Crippen LogP contribution is 2.01. The molecule has 6 heteroatoms. The maximum atomic E-state index is 11.7. The fraction of sp³-hybridized carbons (Fsp3) is 0.615. The molecule has 19 heavy (non-hydrogen) atoms. The van der Waals surface area contributed by atoms with Gasteiger partial charge in [0.1, 0.15) is 5.82 Å². The van der Waals surface area contributed by atoms with Crippen LogP contribution in [-0.2, 0) is 4.74 Å².